The van der Waals surface area contributed by atoms with Gasteiger partial charge >= 0.3 is 5.97 Å². The Labute approximate surface area is 114 Å². The number of hydrogen-bond acceptors (Lipinski definition) is 4. The summed E-state index contributed by atoms with van der Waals surface area (Å²) in [6, 6.07) is 9.78. The van der Waals surface area contributed by atoms with E-state index in [1.165, 1.54) is 37.4 Å². The number of carbonyl (C=O) groups is 1. The molecule has 0 heterocycles. The standard InChI is InChI=1S/C15H10FNO3/c1-20-15(19)12-4-11(5-13(16)6-12)10-2-9(8-17)3-14(18)7-10/h2-7,18H,1H3. The van der Waals surface area contributed by atoms with E-state index in [9.17, 15) is 14.3 Å². The Bertz CT molecular complexity index is 720. The lowest BCUT2D eigenvalue weighted by molar-refractivity contribution is 0.0600. The van der Waals surface area contributed by atoms with Crippen molar-refractivity contribution in [3.63, 3.8) is 0 Å². The Morgan fingerprint density at radius 1 is 1.20 bits per heavy atom. The van der Waals surface area contributed by atoms with Crippen LogP contribution < -0.4 is 0 Å². The van der Waals surface area contributed by atoms with Gasteiger partial charge in [0, 0.05) is 0 Å². The summed E-state index contributed by atoms with van der Waals surface area (Å²) in [6.07, 6.45) is 0. The molecule has 0 aromatic heterocycles. The molecule has 0 fully saturated rings. The van der Waals surface area contributed by atoms with E-state index >= 15 is 0 Å². The fourth-order valence-corrected chi connectivity index (χ4v) is 1.83. The van der Waals surface area contributed by atoms with Crippen LogP contribution in [-0.2, 0) is 4.74 Å². The average molecular weight is 271 g/mol. The average Bonchev–Trinajstić information content (AvgIpc) is 2.45. The van der Waals surface area contributed by atoms with Crippen LogP contribution >= 0.6 is 0 Å². The van der Waals surface area contributed by atoms with Gasteiger partial charge in [-0.25, -0.2) is 9.18 Å². The SMILES string of the molecule is COC(=O)c1cc(F)cc(-c2cc(O)cc(C#N)c2)c1. The topological polar surface area (TPSA) is 70.3 Å². The lowest BCUT2D eigenvalue weighted by atomic mass is 10.0. The van der Waals surface area contributed by atoms with Crippen LogP contribution in [0.5, 0.6) is 5.75 Å². The first-order valence-corrected chi connectivity index (χ1v) is 5.67. The second-order valence-corrected chi connectivity index (χ2v) is 4.10. The van der Waals surface area contributed by atoms with Gasteiger partial charge in [-0.1, -0.05) is 0 Å². The van der Waals surface area contributed by atoms with Crippen LogP contribution in [-0.4, -0.2) is 18.2 Å². The maximum Gasteiger partial charge on any atom is 0.337 e. The molecule has 0 atom stereocenters. The summed E-state index contributed by atoms with van der Waals surface area (Å²) >= 11 is 0. The Morgan fingerprint density at radius 2 is 1.90 bits per heavy atom. The molecule has 4 nitrogen and oxygen atoms in total. The van der Waals surface area contributed by atoms with E-state index in [1.807, 2.05) is 6.07 Å². The molecule has 0 aliphatic carbocycles. The predicted octanol–water partition coefficient (Wildman–Crippen LogP) is 2.86. The van der Waals surface area contributed by atoms with E-state index in [2.05, 4.69) is 4.74 Å². The van der Waals surface area contributed by atoms with Crippen molar-refractivity contribution < 1.29 is 19.0 Å². The van der Waals surface area contributed by atoms with Crippen molar-refractivity contribution in [1.82, 2.24) is 0 Å². The first kappa shape index (κ1) is 13.6. The van der Waals surface area contributed by atoms with E-state index in [1.54, 1.807) is 0 Å². The number of carbonyl (C=O) groups excluding carboxylic acids is 1. The number of phenols is 1. The third-order valence-electron chi connectivity index (χ3n) is 2.70. The van der Waals surface area contributed by atoms with Gasteiger partial charge in [-0.3, -0.25) is 0 Å². The molecule has 0 amide bonds. The molecule has 0 aliphatic rings. The molecule has 2 aromatic rings. The van der Waals surface area contributed by atoms with Crippen LogP contribution in [0.15, 0.2) is 36.4 Å². The molecule has 2 rings (SSSR count). The molecule has 0 bridgehead atoms. The molecule has 100 valence electrons. The first-order valence-electron chi connectivity index (χ1n) is 5.67. The molecule has 2 aromatic carbocycles. The molecule has 0 saturated heterocycles. The smallest absolute Gasteiger partial charge is 0.337 e. The van der Waals surface area contributed by atoms with Gasteiger partial charge in [0.15, 0.2) is 0 Å². The molecular weight excluding hydrogens is 261 g/mol. The minimum atomic E-state index is -0.661. The number of phenolic OH excluding ortho intramolecular Hbond substituents is 1. The summed E-state index contributed by atoms with van der Waals surface area (Å²) in [6.45, 7) is 0. The summed E-state index contributed by atoms with van der Waals surface area (Å²) in [5, 5.41) is 18.4. The monoisotopic (exact) mass is 271 g/mol. The lowest BCUT2D eigenvalue weighted by Crippen LogP contribution is -2.02. The maximum absolute atomic E-state index is 13.6. The zero-order valence-electron chi connectivity index (χ0n) is 10.6. The van der Waals surface area contributed by atoms with Gasteiger partial charge in [0.25, 0.3) is 0 Å². The van der Waals surface area contributed by atoms with Crippen molar-refractivity contribution >= 4 is 5.97 Å². The molecule has 0 spiro atoms. The number of nitrogens with zero attached hydrogens (tertiary/aromatic N) is 1. The highest BCUT2D eigenvalue weighted by atomic mass is 19.1. The summed E-state index contributed by atoms with van der Waals surface area (Å²) in [7, 11) is 1.20. The van der Waals surface area contributed by atoms with E-state index in [0.29, 0.717) is 11.1 Å². The Morgan fingerprint density at radius 3 is 2.55 bits per heavy atom. The molecule has 0 radical (unpaired) electrons. The summed E-state index contributed by atoms with van der Waals surface area (Å²) in [5.41, 5.74) is 1.11. The van der Waals surface area contributed by atoms with Gasteiger partial charge in [0.1, 0.15) is 11.6 Å². The lowest BCUT2D eigenvalue weighted by Gasteiger charge is -2.06. The Balaban J connectivity index is 2.58. The third kappa shape index (κ3) is 2.75. The predicted molar refractivity (Wildman–Crippen MR) is 69.6 cm³/mol. The largest absolute Gasteiger partial charge is 0.508 e. The molecule has 1 N–H and O–H groups in total. The highest BCUT2D eigenvalue weighted by Gasteiger charge is 2.11. The van der Waals surface area contributed by atoms with Crippen LogP contribution in [0.2, 0.25) is 0 Å². The fourth-order valence-electron chi connectivity index (χ4n) is 1.83. The van der Waals surface area contributed by atoms with Crippen LogP contribution in [0, 0.1) is 17.1 Å². The quantitative estimate of drug-likeness (QED) is 0.852. The fraction of sp³-hybridized carbons (Fsp3) is 0.0667. The number of esters is 1. The zero-order chi connectivity index (χ0) is 14.7. The summed E-state index contributed by atoms with van der Waals surface area (Å²) in [5.74, 6) is -1.38. The van der Waals surface area contributed by atoms with Crippen LogP contribution in [0.4, 0.5) is 4.39 Å². The van der Waals surface area contributed by atoms with Gasteiger partial charge < -0.3 is 9.84 Å². The van der Waals surface area contributed by atoms with Gasteiger partial charge in [-0.05, 0) is 47.5 Å². The van der Waals surface area contributed by atoms with E-state index in [-0.39, 0.29) is 16.9 Å². The van der Waals surface area contributed by atoms with E-state index in [0.717, 1.165) is 6.07 Å². The molecule has 0 unspecified atom stereocenters. The summed E-state index contributed by atoms with van der Waals surface area (Å²) < 4.78 is 18.1. The first-order chi connectivity index (χ1) is 9.53. The number of nitriles is 1. The normalized spacial score (nSPS) is 9.85. The van der Waals surface area contributed by atoms with E-state index < -0.39 is 11.8 Å². The van der Waals surface area contributed by atoms with Gasteiger partial charge in [0.05, 0.1) is 24.3 Å². The summed E-state index contributed by atoms with van der Waals surface area (Å²) in [4.78, 5) is 11.4. The third-order valence-corrected chi connectivity index (χ3v) is 2.70. The number of hydrogen-bond donors (Lipinski definition) is 1. The molecule has 0 aliphatic heterocycles. The second kappa shape index (κ2) is 5.41. The van der Waals surface area contributed by atoms with Gasteiger partial charge in [-0.2, -0.15) is 5.26 Å². The van der Waals surface area contributed by atoms with Crippen molar-refractivity contribution in [3.8, 4) is 22.9 Å². The van der Waals surface area contributed by atoms with Gasteiger partial charge in [0.2, 0.25) is 0 Å². The second-order valence-electron chi connectivity index (χ2n) is 4.10. The van der Waals surface area contributed by atoms with Crippen molar-refractivity contribution in [2.75, 3.05) is 7.11 Å². The number of ether oxygens (including phenoxy) is 1. The molecule has 0 saturated carbocycles. The molecular formula is C15H10FNO3. The minimum Gasteiger partial charge on any atom is -0.508 e. The number of rotatable bonds is 2. The maximum atomic E-state index is 13.6. The number of benzene rings is 2. The zero-order valence-corrected chi connectivity index (χ0v) is 10.6. The molecule has 5 heteroatoms. The Hall–Kier alpha value is -2.87. The van der Waals surface area contributed by atoms with Crippen molar-refractivity contribution in [2.24, 2.45) is 0 Å². The highest BCUT2D eigenvalue weighted by Crippen LogP contribution is 2.27. The Kier molecular flexibility index (Phi) is 3.67. The minimum absolute atomic E-state index is 0.0596. The van der Waals surface area contributed by atoms with Crippen LogP contribution in [0.1, 0.15) is 15.9 Å². The van der Waals surface area contributed by atoms with Crippen molar-refractivity contribution in [3.05, 3.63) is 53.3 Å². The molecule has 20 heavy (non-hydrogen) atoms. The number of aromatic hydroxyl groups is 1. The van der Waals surface area contributed by atoms with E-state index in [4.69, 9.17) is 5.26 Å². The van der Waals surface area contributed by atoms with Crippen molar-refractivity contribution in [1.29, 1.82) is 5.26 Å². The van der Waals surface area contributed by atoms with Crippen LogP contribution in [0.25, 0.3) is 11.1 Å². The number of methoxy groups -OCH3 is 1. The van der Waals surface area contributed by atoms with Crippen molar-refractivity contribution in [2.45, 2.75) is 0 Å². The van der Waals surface area contributed by atoms with Gasteiger partial charge in [-0.15, -0.1) is 0 Å². The number of halogens is 1. The highest BCUT2D eigenvalue weighted by molar-refractivity contribution is 5.91. The van der Waals surface area contributed by atoms with Crippen LogP contribution in [0.3, 0.4) is 0 Å².